The first kappa shape index (κ1) is 23.3. The number of thioether (sulfide) groups is 1. The number of hydrogen-bond donors (Lipinski definition) is 2. The highest BCUT2D eigenvalue weighted by atomic mass is 32.2. The van der Waals surface area contributed by atoms with Gasteiger partial charge in [0.15, 0.2) is 5.16 Å². The highest BCUT2D eigenvalue weighted by molar-refractivity contribution is 7.99. The van der Waals surface area contributed by atoms with Crippen molar-refractivity contribution in [1.29, 1.82) is 0 Å². The van der Waals surface area contributed by atoms with E-state index in [9.17, 15) is 14.0 Å². The lowest BCUT2D eigenvalue weighted by atomic mass is 10.1. The van der Waals surface area contributed by atoms with Gasteiger partial charge in [-0.3, -0.25) is 14.2 Å². The summed E-state index contributed by atoms with van der Waals surface area (Å²) in [7, 11) is 0. The van der Waals surface area contributed by atoms with Gasteiger partial charge < -0.3 is 10.6 Å². The molecule has 0 bridgehead atoms. The molecule has 0 spiro atoms. The molecule has 3 aromatic carbocycles. The number of imidazole rings is 1. The lowest BCUT2D eigenvalue weighted by Gasteiger charge is -2.10. The number of nitrogens with one attached hydrogen (secondary N) is 2. The van der Waals surface area contributed by atoms with E-state index in [1.54, 1.807) is 54.9 Å². The molecule has 172 valence electrons. The molecule has 2 N–H and O–H groups in total. The fourth-order valence-electron chi connectivity index (χ4n) is 3.25. The van der Waals surface area contributed by atoms with E-state index in [0.29, 0.717) is 16.3 Å². The number of nitrogens with zero attached hydrogens (tertiary/aromatic N) is 2. The zero-order valence-electron chi connectivity index (χ0n) is 18.5. The Morgan fingerprint density at radius 3 is 2.47 bits per heavy atom. The molecule has 0 atom stereocenters. The number of aryl methyl sites for hydroxylation is 1. The average Bonchev–Trinajstić information content (AvgIpc) is 3.32. The van der Waals surface area contributed by atoms with Gasteiger partial charge in [0.25, 0.3) is 5.91 Å². The summed E-state index contributed by atoms with van der Waals surface area (Å²) in [5, 5.41) is 6.27. The van der Waals surface area contributed by atoms with Gasteiger partial charge in [0.05, 0.1) is 5.75 Å². The lowest BCUT2D eigenvalue weighted by Crippen LogP contribution is -2.23. The minimum atomic E-state index is -0.351. The Morgan fingerprint density at radius 2 is 1.74 bits per heavy atom. The molecule has 1 aromatic heterocycles. The van der Waals surface area contributed by atoms with E-state index in [-0.39, 0.29) is 29.9 Å². The first-order valence-electron chi connectivity index (χ1n) is 10.6. The number of carbonyl (C=O) groups is 2. The zero-order chi connectivity index (χ0) is 23.9. The topological polar surface area (TPSA) is 76.0 Å². The van der Waals surface area contributed by atoms with Crippen molar-refractivity contribution in [2.75, 3.05) is 11.1 Å². The molecule has 6 nitrogen and oxygen atoms in total. The monoisotopic (exact) mass is 474 g/mol. The number of hydrogen-bond acceptors (Lipinski definition) is 4. The van der Waals surface area contributed by atoms with E-state index in [0.717, 1.165) is 16.9 Å². The SMILES string of the molecule is Cc1ccc(NC(=O)CSc2nccn2-c2ccc(C(=O)NCc3ccccc3F)cc2)cc1. The van der Waals surface area contributed by atoms with Crippen molar-refractivity contribution in [2.24, 2.45) is 0 Å². The molecule has 0 aliphatic heterocycles. The molecule has 34 heavy (non-hydrogen) atoms. The van der Waals surface area contributed by atoms with Crippen molar-refractivity contribution < 1.29 is 14.0 Å². The second-order valence-corrected chi connectivity index (χ2v) is 8.55. The van der Waals surface area contributed by atoms with Crippen LogP contribution in [0.2, 0.25) is 0 Å². The van der Waals surface area contributed by atoms with Gasteiger partial charge in [0.2, 0.25) is 5.91 Å². The summed E-state index contributed by atoms with van der Waals surface area (Å²) in [6.45, 7) is 2.10. The van der Waals surface area contributed by atoms with Crippen LogP contribution < -0.4 is 10.6 Å². The smallest absolute Gasteiger partial charge is 0.251 e. The summed E-state index contributed by atoms with van der Waals surface area (Å²) >= 11 is 1.32. The number of carbonyl (C=O) groups excluding carboxylic acids is 2. The summed E-state index contributed by atoms with van der Waals surface area (Å²) in [5.41, 5.74) is 3.59. The Hall–Kier alpha value is -3.91. The molecular formula is C26H23FN4O2S. The van der Waals surface area contributed by atoms with Gasteiger partial charge in [-0.15, -0.1) is 0 Å². The molecule has 0 saturated heterocycles. The Balaban J connectivity index is 1.34. The summed E-state index contributed by atoms with van der Waals surface area (Å²) in [6, 6.07) is 21.0. The largest absolute Gasteiger partial charge is 0.348 e. The maximum atomic E-state index is 13.7. The van der Waals surface area contributed by atoms with Gasteiger partial charge in [-0.1, -0.05) is 47.7 Å². The predicted octanol–water partition coefficient (Wildman–Crippen LogP) is 4.98. The molecule has 2 amide bonds. The molecule has 0 aliphatic rings. The van der Waals surface area contributed by atoms with Crippen LogP contribution in [0, 0.1) is 12.7 Å². The fourth-order valence-corrected chi connectivity index (χ4v) is 4.02. The minimum absolute atomic E-state index is 0.111. The number of amides is 2. The molecule has 0 aliphatic carbocycles. The van der Waals surface area contributed by atoms with Crippen LogP contribution in [0.15, 0.2) is 90.3 Å². The number of benzene rings is 3. The number of rotatable bonds is 8. The standard InChI is InChI=1S/C26H23FN4O2S/c1-18-6-10-21(11-7-18)30-24(32)17-34-26-28-14-15-31(26)22-12-8-19(9-13-22)25(33)29-16-20-4-2-3-5-23(20)27/h2-15H,16-17H2,1H3,(H,29,33)(H,30,32). The molecule has 1 heterocycles. The van der Waals surface area contributed by atoms with Crippen LogP contribution in [-0.4, -0.2) is 27.1 Å². The highest BCUT2D eigenvalue weighted by Gasteiger charge is 2.11. The van der Waals surface area contributed by atoms with E-state index >= 15 is 0 Å². The zero-order valence-corrected chi connectivity index (χ0v) is 19.3. The van der Waals surface area contributed by atoms with Crippen molar-refractivity contribution in [2.45, 2.75) is 18.6 Å². The first-order valence-corrected chi connectivity index (χ1v) is 11.6. The van der Waals surface area contributed by atoms with E-state index in [4.69, 9.17) is 0 Å². The van der Waals surface area contributed by atoms with Crippen LogP contribution in [0.5, 0.6) is 0 Å². The van der Waals surface area contributed by atoms with Gasteiger partial charge >= 0.3 is 0 Å². The third-order valence-electron chi connectivity index (χ3n) is 5.08. The molecule has 0 saturated carbocycles. The van der Waals surface area contributed by atoms with Crippen LogP contribution in [0.25, 0.3) is 5.69 Å². The van der Waals surface area contributed by atoms with Crippen LogP contribution in [-0.2, 0) is 11.3 Å². The molecule has 8 heteroatoms. The van der Waals surface area contributed by atoms with Crippen molar-refractivity contribution in [3.63, 3.8) is 0 Å². The maximum Gasteiger partial charge on any atom is 0.251 e. The Kier molecular flexibility index (Phi) is 7.39. The quantitative estimate of drug-likeness (QED) is 0.353. The summed E-state index contributed by atoms with van der Waals surface area (Å²) in [6.07, 6.45) is 3.46. The van der Waals surface area contributed by atoms with Gasteiger partial charge in [0.1, 0.15) is 5.82 Å². The predicted molar refractivity (Wildman–Crippen MR) is 132 cm³/mol. The molecule has 0 radical (unpaired) electrons. The van der Waals surface area contributed by atoms with E-state index < -0.39 is 0 Å². The van der Waals surface area contributed by atoms with Crippen LogP contribution >= 0.6 is 11.8 Å². The first-order chi connectivity index (χ1) is 16.5. The summed E-state index contributed by atoms with van der Waals surface area (Å²) in [4.78, 5) is 29.1. The lowest BCUT2D eigenvalue weighted by molar-refractivity contribution is -0.113. The Labute approximate surface area is 201 Å². The number of aromatic nitrogens is 2. The number of anilines is 1. The Morgan fingerprint density at radius 1 is 1.00 bits per heavy atom. The molecule has 0 unspecified atom stereocenters. The van der Waals surface area contributed by atoms with Gasteiger partial charge in [0, 0.05) is 41.4 Å². The van der Waals surface area contributed by atoms with E-state index in [1.807, 2.05) is 35.8 Å². The average molecular weight is 475 g/mol. The summed E-state index contributed by atoms with van der Waals surface area (Å²) < 4.78 is 15.6. The van der Waals surface area contributed by atoms with Crippen LogP contribution in [0.3, 0.4) is 0 Å². The Bertz CT molecular complexity index is 1290. The van der Waals surface area contributed by atoms with Crippen molar-refractivity contribution >= 4 is 29.3 Å². The van der Waals surface area contributed by atoms with Crippen molar-refractivity contribution in [3.8, 4) is 5.69 Å². The highest BCUT2D eigenvalue weighted by Crippen LogP contribution is 2.21. The third-order valence-corrected chi connectivity index (χ3v) is 6.05. The van der Waals surface area contributed by atoms with Crippen LogP contribution in [0.4, 0.5) is 10.1 Å². The normalized spacial score (nSPS) is 10.6. The second-order valence-electron chi connectivity index (χ2n) is 7.60. The molecule has 4 aromatic rings. The van der Waals surface area contributed by atoms with Crippen molar-refractivity contribution in [1.82, 2.24) is 14.9 Å². The van der Waals surface area contributed by atoms with Crippen molar-refractivity contribution in [3.05, 3.63) is 108 Å². The molecule has 4 rings (SSSR count). The van der Waals surface area contributed by atoms with Gasteiger partial charge in [-0.25, -0.2) is 9.37 Å². The number of halogens is 1. The summed E-state index contributed by atoms with van der Waals surface area (Å²) in [5.74, 6) is -0.551. The van der Waals surface area contributed by atoms with Crippen LogP contribution in [0.1, 0.15) is 21.5 Å². The molecular weight excluding hydrogens is 451 g/mol. The minimum Gasteiger partial charge on any atom is -0.348 e. The maximum absolute atomic E-state index is 13.7. The van der Waals surface area contributed by atoms with E-state index in [2.05, 4.69) is 15.6 Å². The molecule has 0 fully saturated rings. The third kappa shape index (κ3) is 5.90. The second kappa shape index (κ2) is 10.8. The van der Waals surface area contributed by atoms with Gasteiger partial charge in [-0.05, 0) is 49.4 Å². The fraction of sp³-hybridized carbons (Fsp3) is 0.115. The van der Waals surface area contributed by atoms with Gasteiger partial charge in [-0.2, -0.15) is 0 Å². The van der Waals surface area contributed by atoms with E-state index in [1.165, 1.54) is 17.8 Å².